The minimum atomic E-state index is -2.22. The molecule has 2 saturated heterocycles. The van der Waals surface area contributed by atoms with Crippen LogP contribution in [0.4, 0.5) is 0 Å². The Balaban J connectivity index is 2.33. The maximum Gasteiger partial charge on any atom is 0.320 e. The van der Waals surface area contributed by atoms with E-state index in [9.17, 15) is 43.2 Å². The maximum atomic E-state index is 14.7. The first-order valence-corrected chi connectivity index (χ1v) is 27.4. The predicted molar refractivity (Wildman–Crippen MR) is 288 cm³/mol. The van der Waals surface area contributed by atoms with E-state index in [0.717, 1.165) is 24.2 Å². The third-order valence-corrected chi connectivity index (χ3v) is 12.3. The molecule has 0 spiro atoms. The first kappa shape index (κ1) is 68.3. The average Bonchev–Trinajstić information content (AvgIpc) is 3.35. The molecule has 23 nitrogen and oxygen atoms in total. The van der Waals surface area contributed by atoms with E-state index in [1.807, 2.05) is 51.3 Å². The van der Waals surface area contributed by atoms with E-state index < -0.39 is 88.7 Å². The van der Waals surface area contributed by atoms with Gasteiger partial charge >= 0.3 is 17.9 Å². The lowest BCUT2D eigenvalue weighted by Crippen LogP contribution is -2.72. The van der Waals surface area contributed by atoms with E-state index in [-0.39, 0.29) is 76.6 Å². The van der Waals surface area contributed by atoms with Gasteiger partial charge in [-0.2, -0.15) is 0 Å². The van der Waals surface area contributed by atoms with Gasteiger partial charge in [0.2, 0.25) is 29.5 Å². The van der Waals surface area contributed by atoms with Crippen molar-refractivity contribution in [1.82, 2.24) is 40.4 Å². The summed E-state index contributed by atoms with van der Waals surface area (Å²) in [6, 6.07) is -1.50. The molecule has 2 heterocycles. The van der Waals surface area contributed by atoms with Gasteiger partial charge in [0.15, 0.2) is 0 Å². The van der Waals surface area contributed by atoms with Crippen molar-refractivity contribution < 1.29 is 66.8 Å². The predicted octanol–water partition coefficient (Wildman–Crippen LogP) is 2.11. The number of amides is 5. The van der Waals surface area contributed by atoms with Crippen LogP contribution in [0, 0.1) is 5.92 Å². The largest absolute Gasteiger partial charge is 0.460 e. The van der Waals surface area contributed by atoms with Crippen LogP contribution in [-0.2, 0) is 66.8 Å². The molecule has 0 aromatic heterocycles. The molecule has 0 bridgehead atoms. The fourth-order valence-electron chi connectivity index (χ4n) is 9.03. The van der Waals surface area contributed by atoms with Crippen LogP contribution in [0.25, 0.3) is 0 Å². The lowest BCUT2D eigenvalue weighted by atomic mass is 9.94. The molecule has 2 aliphatic rings. The molecule has 0 saturated carbocycles. The van der Waals surface area contributed by atoms with Crippen LogP contribution in [0.3, 0.4) is 0 Å². The molecule has 0 unspecified atom stereocenters. The molecule has 4 atom stereocenters. The molecule has 0 aliphatic carbocycles. The Morgan fingerprint density at radius 3 is 1.69 bits per heavy atom. The van der Waals surface area contributed by atoms with E-state index in [0.29, 0.717) is 65.1 Å². The highest BCUT2D eigenvalue weighted by molar-refractivity contribution is 5.89. The number of rotatable bonds is 28. The third kappa shape index (κ3) is 28.1. The molecule has 2 aliphatic heterocycles. The molecule has 23 heteroatoms. The Labute approximate surface area is 458 Å². The summed E-state index contributed by atoms with van der Waals surface area (Å²) in [5.41, 5.74) is 3.00. The summed E-state index contributed by atoms with van der Waals surface area (Å²) in [4.78, 5) is 128. The number of nitrogens with two attached hydrogens (primary N) is 1. The topological polar surface area (TPSA) is 278 Å². The number of nitrogens with one attached hydrogen (secondary N) is 3. The van der Waals surface area contributed by atoms with Crippen molar-refractivity contribution in [2.75, 3.05) is 98.3 Å². The van der Waals surface area contributed by atoms with Gasteiger partial charge in [-0.05, 0) is 115 Å². The highest BCUT2D eigenvalue weighted by Gasteiger charge is 2.51. The Bertz CT molecular complexity index is 1900. The molecular weight excluding hydrogens is 999 g/mol. The smallest absolute Gasteiger partial charge is 0.320 e. The van der Waals surface area contributed by atoms with Gasteiger partial charge in [-0.3, -0.25) is 62.9 Å². The number of nitrogens with zero attached hydrogens (tertiary/aromatic N) is 5. The molecular formula is C54H97N9O14. The summed E-state index contributed by atoms with van der Waals surface area (Å²) in [6.45, 7) is 27.9. The Hall–Kier alpha value is -4.81. The van der Waals surface area contributed by atoms with Gasteiger partial charge in [-0.15, -0.1) is 0 Å². The Morgan fingerprint density at radius 1 is 0.662 bits per heavy atom. The summed E-state index contributed by atoms with van der Waals surface area (Å²) in [7, 11) is 0. The fraction of sp³-hybridized carbons (Fsp3) is 0.833. The fourth-order valence-corrected chi connectivity index (χ4v) is 9.03. The number of carbonyl (C=O) groups excluding carboxylic acids is 9. The van der Waals surface area contributed by atoms with Gasteiger partial charge < -0.3 is 50.2 Å². The molecule has 5 amide bonds. The number of esters is 3. The van der Waals surface area contributed by atoms with Crippen LogP contribution in [0.15, 0.2) is 0 Å². The van der Waals surface area contributed by atoms with Crippen molar-refractivity contribution in [2.45, 2.75) is 189 Å². The van der Waals surface area contributed by atoms with E-state index >= 15 is 0 Å². The molecule has 5 N–H and O–H groups in total. The molecule has 2 fully saturated rings. The minimum Gasteiger partial charge on any atom is -0.460 e. The normalized spacial score (nSPS) is 18.4. The van der Waals surface area contributed by atoms with Crippen molar-refractivity contribution in [3.8, 4) is 0 Å². The van der Waals surface area contributed by atoms with E-state index in [4.69, 9.17) is 29.4 Å². The van der Waals surface area contributed by atoms with Crippen molar-refractivity contribution in [2.24, 2.45) is 11.7 Å². The van der Waals surface area contributed by atoms with E-state index in [1.54, 1.807) is 55.4 Å². The van der Waals surface area contributed by atoms with Crippen molar-refractivity contribution >= 4 is 53.7 Å². The lowest BCUT2D eigenvalue weighted by molar-refractivity contribution is -0.240. The standard InChI is InChI=1S/C54H97N9O14/c1-15-39(2)48(49(55)72)63(44(68)38-73-32-23-56-42(66)33-57-41(65)20-18-21-45(69)74-50(3,4)5)54(22-31-64,77-53(12,13)14)58-43(67)35-62-24-17-16-19-40(62)34-59-25-27-60(36-46(70)75-51(6,7)8)29-30-61(28-26-59)37-47(71)76-52(9,10)11/h31,39-40,48H,15-30,32-38H2,1-14H3,(H2,55,72)(H,56,66)(H,57,65)(H,58,67)/t39-,40-,48-,54-/m0/s1. The van der Waals surface area contributed by atoms with Gasteiger partial charge in [0, 0.05) is 71.2 Å². The zero-order chi connectivity index (χ0) is 58.4. The van der Waals surface area contributed by atoms with Gasteiger partial charge in [-0.1, -0.05) is 26.7 Å². The zero-order valence-corrected chi connectivity index (χ0v) is 49.1. The second kappa shape index (κ2) is 31.7. The van der Waals surface area contributed by atoms with Crippen molar-refractivity contribution in [3.63, 3.8) is 0 Å². The average molecular weight is 1100 g/mol. The first-order chi connectivity index (χ1) is 35.6. The number of hydrogen-bond acceptors (Lipinski definition) is 18. The monoisotopic (exact) mass is 1100 g/mol. The quantitative estimate of drug-likeness (QED) is 0.0287. The van der Waals surface area contributed by atoms with Gasteiger partial charge in [0.1, 0.15) is 35.7 Å². The van der Waals surface area contributed by atoms with Crippen LogP contribution < -0.4 is 21.7 Å². The number of primary amides is 1. The molecule has 0 aromatic rings. The molecule has 2 rings (SSSR count). The van der Waals surface area contributed by atoms with Gasteiger partial charge in [-0.25, -0.2) is 0 Å². The summed E-state index contributed by atoms with van der Waals surface area (Å²) >= 11 is 0. The van der Waals surface area contributed by atoms with Gasteiger partial charge in [0.05, 0.1) is 44.8 Å². The first-order valence-electron chi connectivity index (χ1n) is 27.4. The molecule has 77 heavy (non-hydrogen) atoms. The van der Waals surface area contributed by atoms with Crippen LogP contribution in [0.1, 0.15) is 148 Å². The van der Waals surface area contributed by atoms with Crippen LogP contribution >= 0.6 is 0 Å². The second-order valence-corrected chi connectivity index (χ2v) is 24.2. The summed E-state index contributed by atoms with van der Waals surface area (Å²) < 4.78 is 28.9. The molecule has 0 aromatic carbocycles. The second-order valence-electron chi connectivity index (χ2n) is 24.2. The Kier molecular flexibility index (Phi) is 28.1. The van der Waals surface area contributed by atoms with Crippen molar-refractivity contribution in [1.29, 1.82) is 0 Å². The highest BCUT2D eigenvalue weighted by atomic mass is 16.6. The van der Waals surface area contributed by atoms with E-state index in [2.05, 4.69) is 25.8 Å². The Morgan fingerprint density at radius 2 is 1.19 bits per heavy atom. The summed E-state index contributed by atoms with van der Waals surface area (Å²) in [6.07, 6.45) is 3.07. The van der Waals surface area contributed by atoms with Crippen LogP contribution in [-0.4, -0.2) is 217 Å². The van der Waals surface area contributed by atoms with E-state index in [1.165, 1.54) is 0 Å². The number of ether oxygens (including phenoxy) is 5. The number of carbonyl (C=O) groups is 9. The maximum absolute atomic E-state index is 14.7. The molecule has 0 radical (unpaired) electrons. The summed E-state index contributed by atoms with van der Waals surface area (Å²) in [5, 5.41) is 8.00. The van der Waals surface area contributed by atoms with Crippen LogP contribution in [0.5, 0.6) is 0 Å². The number of likely N-dealkylation sites (tertiary alicyclic amines) is 1. The SMILES string of the molecule is CC[C@H](C)[C@@H](C(N)=O)N(C(=O)COCCNC(=O)CNC(=O)CCCC(=O)OC(C)(C)C)[C@](CC=O)(NC(=O)CN1CCCC[C@H]1CN1CCN(CC(=O)OC(C)(C)C)CCN(CC(=O)OC(C)(C)C)CC1)OC(C)(C)C. The third-order valence-electron chi connectivity index (χ3n) is 12.3. The van der Waals surface area contributed by atoms with Crippen LogP contribution in [0.2, 0.25) is 0 Å². The molecule has 442 valence electrons. The summed E-state index contributed by atoms with van der Waals surface area (Å²) in [5.74, 6) is -7.18. The highest BCUT2D eigenvalue weighted by Crippen LogP contribution is 2.31. The van der Waals surface area contributed by atoms with Gasteiger partial charge in [0.25, 0.3) is 5.91 Å². The van der Waals surface area contributed by atoms with Crippen molar-refractivity contribution in [3.05, 3.63) is 0 Å². The zero-order valence-electron chi connectivity index (χ0n) is 49.1. The minimum absolute atomic E-state index is 0.0136. The number of hydrogen-bond donors (Lipinski definition) is 4. The lowest BCUT2D eigenvalue weighted by Gasteiger charge is -2.50. The number of piperidine rings is 1. The number of aldehydes is 1.